The van der Waals surface area contributed by atoms with Crippen molar-refractivity contribution in [2.45, 2.75) is 0 Å². The van der Waals surface area contributed by atoms with Gasteiger partial charge in [-0.05, 0) is 57.3 Å². The van der Waals surface area contributed by atoms with Crippen LogP contribution in [0, 0.1) is 5.82 Å². The highest BCUT2D eigenvalue weighted by Crippen LogP contribution is 2.36. The van der Waals surface area contributed by atoms with Crippen molar-refractivity contribution in [2.75, 3.05) is 7.11 Å². The van der Waals surface area contributed by atoms with E-state index >= 15 is 0 Å². The lowest BCUT2D eigenvalue weighted by molar-refractivity contribution is 0.415. The molecule has 4 rings (SSSR count). The molecule has 122 valence electrons. The van der Waals surface area contributed by atoms with Crippen LogP contribution in [0.3, 0.4) is 0 Å². The van der Waals surface area contributed by atoms with Crippen molar-refractivity contribution in [2.24, 2.45) is 0 Å². The third-order valence-electron chi connectivity index (χ3n) is 4.46. The Labute approximate surface area is 146 Å². The first kappa shape index (κ1) is 15.4. The van der Waals surface area contributed by atoms with Crippen LogP contribution in [0.5, 0.6) is 5.75 Å². The molecule has 0 fully saturated rings. The average molecular weight is 328 g/mol. The van der Waals surface area contributed by atoms with Gasteiger partial charge < -0.3 is 4.74 Å². The SMILES string of the molecule is COc1ccc(-c2cccc3cccc(-c4ccc(F)cc4)c23)cc1. The van der Waals surface area contributed by atoms with Crippen LogP contribution in [-0.2, 0) is 0 Å². The second-order valence-electron chi connectivity index (χ2n) is 5.94. The highest BCUT2D eigenvalue weighted by molar-refractivity contribution is 6.06. The molecule has 0 aliphatic carbocycles. The second-order valence-corrected chi connectivity index (χ2v) is 5.94. The summed E-state index contributed by atoms with van der Waals surface area (Å²) in [7, 11) is 1.67. The minimum absolute atomic E-state index is 0.223. The molecule has 0 saturated carbocycles. The first-order valence-corrected chi connectivity index (χ1v) is 8.18. The van der Waals surface area contributed by atoms with Gasteiger partial charge >= 0.3 is 0 Å². The maximum Gasteiger partial charge on any atom is 0.123 e. The quantitative estimate of drug-likeness (QED) is 0.427. The van der Waals surface area contributed by atoms with Crippen LogP contribution in [0.15, 0.2) is 84.9 Å². The predicted octanol–water partition coefficient (Wildman–Crippen LogP) is 6.32. The fourth-order valence-electron chi connectivity index (χ4n) is 3.22. The van der Waals surface area contributed by atoms with E-state index in [0.29, 0.717) is 0 Å². The number of ether oxygens (including phenoxy) is 1. The van der Waals surface area contributed by atoms with Crippen LogP contribution in [0.4, 0.5) is 4.39 Å². The van der Waals surface area contributed by atoms with Crippen molar-refractivity contribution < 1.29 is 9.13 Å². The number of fused-ring (bicyclic) bond motifs is 1. The summed E-state index contributed by atoms with van der Waals surface area (Å²) in [5.41, 5.74) is 4.39. The van der Waals surface area contributed by atoms with Gasteiger partial charge in [-0.2, -0.15) is 0 Å². The van der Waals surface area contributed by atoms with Gasteiger partial charge in [-0.1, -0.05) is 60.7 Å². The van der Waals surface area contributed by atoms with Gasteiger partial charge in [0.2, 0.25) is 0 Å². The second kappa shape index (κ2) is 6.40. The Morgan fingerprint density at radius 3 is 1.68 bits per heavy atom. The lowest BCUT2D eigenvalue weighted by Gasteiger charge is -2.13. The van der Waals surface area contributed by atoms with E-state index in [1.807, 2.05) is 30.3 Å². The molecule has 0 saturated heterocycles. The molecule has 0 aliphatic heterocycles. The molecule has 4 aromatic rings. The zero-order valence-corrected chi connectivity index (χ0v) is 13.9. The molecule has 25 heavy (non-hydrogen) atoms. The molecule has 0 amide bonds. The minimum Gasteiger partial charge on any atom is -0.497 e. The summed E-state index contributed by atoms with van der Waals surface area (Å²) in [6, 6.07) is 27.3. The monoisotopic (exact) mass is 328 g/mol. The Morgan fingerprint density at radius 2 is 1.16 bits per heavy atom. The van der Waals surface area contributed by atoms with Gasteiger partial charge in [0, 0.05) is 0 Å². The summed E-state index contributed by atoms with van der Waals surface area (Å²) in [6.07, 6.45) is 0. The average Bonchev–Trinajstić information content (AvgIpc) is 2.68. The van der Waals surface area contributed by atoms with Crippen molar-refractivity contribution in [3.8, 4) is 28.0 Å². The fourth-order valence-corrected chi connectivity index (χ4v) is 3.22. The zero-order chi connectivity index (χ0) is 17.2. The maximum atomic E-state index is 13.3. The van der Waals surface area contributed by atoms with E-state index in [-0.39, 0.29) is 5.82 Å². The smallest absolute Gasteiger partial charge is 0.123 e. The molecule has 1 nitrogen and oxygen atoms in total. The summed E-state index contributed by atoms with van der Waals surface area (Å²) in [5, 5.41) is 2.33. The van der Waals surface area contributed by atoms with Crippen molar-refractivity contribution in [1.82, 2.24) is 0 Å². The van der Waals surface area contributed by atoms with E-state index in [1.165, 1.54) is 17.5 Å². The third kappa shape index (κ3) is 2.87. The van der Waals surface area contributed by atoms with Crippen LogP contribution in [0.25, 0.3) is 33.0 Å². The number of hydrogen-bond donors (Lipinski definition) is 0. The third-order valence-corrected chi connectivity index (χ3v) is 4.46. The van der Waals surface area contributed by atoms with E-state index in [1.54, 1.807) is 7.11 Å². The molecule has 0 radical (unpaired) electrons. The van der Waals surface area contributed by atoms with Crippen molar-refractivity contribution >= 4 is 10.8 Å². The van der Waals surface area contributed by atoms with E-state index in [0.717, 1.165) is 33.4 Å². The summed E-state index contributed by atoms with van der Waals surface area (Å²) >= 11 is 0. The van der Waals surface area contributed by atoms with Crippen molar-refractivity contribution in [3.05, 3.63) is 90.7 Å². The van der Waals surface area contributed by atoms with Gasteiger partial charge in [0.15, 0.2) is 0 Å². The molecule has 0 bridgehead atoms. The number of hydrogen-bond acceptors (Lipinski definition) is 1. The van der Waals surface area contributed by atoms with Gasteiger partial charge in [0.05, 0.1) is 7.11 Å². The molecule has 0 spiro atoms. The minimum atomic E-state index is -0.223. The van der Waals surface area contributed by atoms with Gasteiger partial charge in [-0.25, -0.2) is 4.39 Å². The summed E-state index contributed by atoms with van der Waals surface area (Å²) < 4.78 is 18.6. The summed E-state index contributed by atoms with van der Waals surface area (Å²) in [4.78, 5) is 0. The predicted molar refractivity (Wildman–Crippen MR) is 101 cm³/mol. The zero-order valence-electron chi connectivity index (χ0n) is 13.9. The molecular formula is C23H17FO. The molecular weight excluding hydrogens is 311 g/mol. The van der Waals surface area contributed by atoms with Gasteiger partial charge in [0.25, 0.3) is 0 Å². The highest BCUT2D eigenvalue weighted by atomic mass is 19.1. The summed E-state index contributed by atoms with van der Waals surface area (Å²) in [5.74, 6) is 0.613. The number of halogens is 1. The Bertz CT molecular complexity index is 1010. The van der Waals surface area contributed by atoms with Crippen molar-refractivity contribution in [1.29, 1.82) is 0 Å². The number of benzene rings is 4. The van der Waals surface area contributed by atoms with Crippen LogP contribution in [0.1, 0.15) is 0 Å². The Hall–Kier alpha value is -3.13. The van der Waals surface area contributed by atoms with Gasteiger partial charge in [-0.3, -0.25) is 0 Å². The van der Waals surface area contributed by atoms with Crippen LogP contribution in [-0.4, -0.2) is 7.11 Å². The fraction of sp³-hybridized carbons (Fsp3) is 0.0435. The molecule has 0 aliphatic rings. The molecule has 2 heteroatoms. The Morgan fingerprint density at radius 1 is 0.640 bits per heavy atom. The molecule has 0 unspecified atom stereocenters. The van der Waals surface area contributed by atoms with E-state index < -0.39 is 0 Å². The van der Waals surface area contributed by atoms with Gasteiger partial charge in [-0.15, -0.1) is 0 Å². The Balaban J connectivity index is 1.97. The standard InChI is InChI=1S/C23H17FO/c1-25-20-14-10-17(11-15-20)22-7-3-5-18-4-2-6-21(23(18)22)16-8-12-19(24)13-9-16/h2-15H,1H3. The van der Waals surface area contributed by atoms with E-state index in [4.69, 9.17) is 4.74 Å². The van der Waals surface area contributed by atoms with Crippen LogP contribution >= 0.6 is 0 Å². The lowest BCUT2D eigenvalue weighted by atomic mass is 9.91. The van der Waals surface area contributed by atoms with Crippen LogP contribution in [0.2, 0.25) is 0 Å². The molecule has 0 N–H and O–H groups in total. The molecule has 4 aromatic carbocycles. The molecule has 0 heterocycles. The normalized spacial score (nSPS) is 10.8. The topological polar surface area (TPSA) is 9.23 Å². The molecule has 0 aromatic heterocycles. The first-order valence-electron chi connectivity index (χ1n) is 8.18. The molecule has 0 atom stereocenters. The van der Waals surface area contributed by atoms with Gasteiger partial charge in [0.1, 0.15) is 11.6 Å². The lowest BCUT2D eigenvalue weighted by Crippen LogP contribution is -1.87. The van der Waals surface area contributed by atoms with Crippen LogP contribution < -0.4 is 4.74 Å². The Kier molecular flexibility index (Phi) is 3.95. The summed E-state index contributed by atoms with van der Waals surface area (Å²) in [6.45, 7) is 0. The van der Waals surface area contributed by atoms with Crippen molar-refractivity contribution in [3.63, 3.8) is 0 Å². The highest BCUT2D eigenvalue weighted by Gasteiger charge is 2.10. The van der Waals surface area contributed by atoms with E-state index in [2.05, 4.69) is 42.5 Å². The van der Waals surface area contributed by atoms with E-state index in [9.17, 15) is 4.39 Å². The largest absolute Gasteiger partial charge is 0.497 e. The first-order chi connectivity index (χ1) is 12.3. The maximum absolute atomic E-state index is 13.3. The number of methoxy groups -OCH3 is 1. The number of rotatable bonds is 3.